The van der Waals surface area contributed by atoms with Crippen molar-refractivity contribution in [2.75, 3.05) is 23.3 Å². The summed E-state index contributed by atoms with van der Waals surface area (Å²) in [6.07, 6.45) is 4.93. The molecule has 3 aromatic rings. The minimum Gasteiger partial charge on any atom is -0.343 e. The van der Waals surface area contributed by atoms with Crippen LogP contribution in [-0.2, 0) is 9.59 Å². The third-order valence-corrected chi connectivity index (χ3v) is 5.30. The first-order chi connectivity index (χ1) is 15.0. The zero-order chi connectivity index (χ0) is 21.8. The largest absolute Gasteiger partial charge is 0.343 e. The maximum atomic E-state index is 12.4. The molecule has 1 aliphatic rings. The quantitative estimate of drug-likeness (QED) is 0.518. The summed E-state index contributed by atoms with van der Waals surface area (Å²) in [5.41, 5.74) is 2.61. The summed E-state index contributed by atoms with van der Waals surface area (Å²) in [6.45, 7) is 0.529. The van der Waals surface area contributed by atoms with Gasteiger partial charge in [-0.05, 0) is 61.1 Å². The highest BCUT2D eigenvalue weighted by Gasteiger charge is 2.21. The van der Waals surface area contributed by atoms with E-state index in [2.05, 4.69) is 15.6 Å². The summed E-state index contributed by atoms with van der Waals surface area (Å²) >= 11 is 5.21. The number of anilines is 2. The number of carbonyl (C=O) groups excluding carboxylic acids is 3. The lowest BCUT2D eigenvalue weighted by Crippen LogP contribution is -2.33. The van der Waals surface area contributed by atoms with Gasteiger partial charge in [0, 0.05) is 48.0 Å². The molecule has 0 radical (unpaired) electrons. The van der Waals surface area contributed by atoms with Crippen LogP contribution in [0.4, 0.5) is 11.4 Å². The minimum atomic E-state index is -0.359. The lowest BCUT2D eigenvalue weighted by molar-refractivity contribution is -0.117. The molecule has 0 atom stereocenters. The predicted octanol–water partition coefficient (Wildman–Crippen LogP) is 3.03. The van der Waals surface area contributed by atoms with Gasteiger partial charge in [0.15, 0.2) is 4.77 Å². The molecule has 0 aliphatic carbocycles. The molecular weight excluding hydrogens is 414 g/mol. The Bertz CT molecular complexity index is 1180. The topological polar surface area (TPSA) is 99.2 Å². The number of aromatic amines is 1. The first-order valence-corrected chi connectivity index (χ1v) is 10.3. The molecule has 0 saturated carbocycles. The number of H-pyrrole nitrogens is 1. The monoisotopic (exact) mass is 435 g/mol. The van der Waals surface area contributed by atoms with Crippen LogP contribution in [0.15, 0.2) is 60.9 Å². The third kappa shape index (κ3) is 4.72. The molecule has 9 heteroatoms. The second-order valence-corrected chi connectivity index (χ2v) is 7.50. The Balaban J connectivity index is 1.33. The van der Waals surface area contributed by atoms with Crippen LogP contribution in [-0.4, -0.2) is 40.4 Å². The number of hydrogen-bond donors (Lipinski definition) is 3. The van der Waals surface area contributed by atoms with Crippen molar-refractivity contribution in [2.24, 2.45) is 0 Å². The smallest absolute Gasteiger partial charge is 0.251 e. The van der Waals surface area contributed by atoms with Crippen molar-refractivity contribution in [1.82, 2.24) is 14.9 Å². The van der Waals surface area contributed by atoms with E-state index in [9.17, 15) is 14.4 Å². The standard InChI is InChI=1S/C22H21N5O3S/c28-19(25-16-3-1-4-18(13-16)27-12-10-23-22(27)31)14-24-21(30)15-6-8-17(9-7-15)26-11-2-5-20(26)29/h1,3-4,6-10,12-13H,2,5,11,14H2,(H,23,31)(H,24,30)(H,25,28). The highest BCUT2D eigenvalue weighted by atomic mass is 32.1. The number of benzene rings is 2. The van der Waals surface area contributed by atoms with Crippen LogP contribution in [0.3, 0.4) is 0 Å². The van der Waals surface area contributed by atoms with Crippen molar-refractivity contribution >= 4 is 41.3 Å². The van der Waals surface area contributed by atoms with Crippen molar-refractivity contribution in [3.63, 3.8) is 0 Å². The molecule has 0 unspecified atom stereocenters. The molecule has 3 N–H and O–H groups in total. The van der Waals surface area contributed by atoms with Gasteiger partial charge in [-0.2, -0.15) is 0 Å². The highest BCUT2D eigenvalue weighted by Crippen LogP contribution is 2.21. The summed E-state index contributed by atoms with van der Waals surface area (Å²) in [5, 5.41) is 5.38. The van der Waals surface area contributed by atoms with Crippen molar-refractivity contribution < 1.29 is 14.4 Å². The van der Waals surface area contributed by atoms with E-state index in [0.717, 1.165) is 17.8 Å². The van der Waals surface area contributed by atoms with Gasteiger partial charge in [0.05, 0.1) is 6.54 Å². The van der Waals surface area contributed by atoms with Crippen LogP contribution in [0.1, 0.15) is 23.2 Å². The summed E-state index contributed by atoms with van der Waals surface area (Å²) in [4.78, 5) is 41.1. The molecule has 31 heavy (non-hydrogen) atoms. The number of rotatable bonds is 6. The number of imidazole rings is 1. The Kier molecular flexibility index (Phi) is 5.94. The fourth-order valence-electron chi connectivity index (χ4n) is 3.44. The number of amides is 3. The number of carbonyl (C=O) groups is 3. The van der Waals surface area contributed by atoms with Crippen LogP contribution in [0.2, 0.25) is 0 Å². The molecule has 1 saturated heterocycles. The number of nitrogens with one attached hydrogen (secondary N) is 3. The number of hydrogen-bond acceptors (Lipinski definition) is 4. The molecule has 3 amide bonds. The van der Waals surface area contributed by atoms with E-state index in [1.807, 2.05) is 12.1 Å². The normalized spacial score (nSPS) is 13.3. The maximum Gasteiger partial charge on any atom is 0.251 e. The summed E-state index contributed by atoms with van der Waals surface area (Å²) in [5.74, 6) is -0.610. The van der Waals surface area contributed by atoms with Gasteiger partial charge in [-0.15, -0.1) is 0 Å². The molecule has 1 aliphatic heterocycles. The zero-order valence-electron chi connectivity index (χ0n) is 16.6. The van der Waals surface area contributed by atoms with Crippen molar-refractivity contribution in [3.8, 4) is 5.69 Å². The Labute approximate surface area is 183 Å². The van der Waals surface area contributed by atoms with Gasteiger partial charge in [-0.25, -0.2) is 0 Å². The molecule has 1 fully saturated rings. The van der Waals surface area contributed by atoms with Gasteiger partial charge in [0.25, 0.3) is 5.91 Å². The van der Waals surface area contributed by atoms with E-state index >= 15 is 0 Å². The molecule has 1 aromatic heterocycles. The molecule has 0 bridgehead atoms. The zero-order valence-corrected chi connectivity index (χ0v) is 17.4. The average molecular weight is 436 g/mol. The van der Waals surface area contributed by atoms with Crippen LogP contribution >= 0.6 is 12.2 Å². The molecule has 0 spiro atoms. The van der Waals surface area contributed by atoms with Gasteiger partial charge >= 0.3 is 0 Å². The van der Waals surface area contributed by atoms with Crippen LogP contribution in [0.25, 0.3) is 5.69 Å². The maximum absolute atomic E-state index is 12.4. The Hall–Kier alpha value is -3.72. The highest BCUT2D eigenvalue weighted by molar-refractivity contribution is 7.71. The lowest BCUT2D eigenvalue weighted by Gasteiger charge is -2.15. The van der Waals surface area contributed by atoms with E-state index < -0.39 is 0 Å². The van der Waals surface area contributed by atoms with Crippen LogP contribution in [0.5, 0.6) is 0 Å². The van der Waals surface area contributed by atoms with Gasteiger partial charge in [-0.3, -0.25) is 19.0 Å². The van der Waals surface area contributed by atoms with Crippen LogP contribution in [0, 0.1) is 4.77 Å². The molecule has 2 aromatic carbocycles. The lowest BCUT2D eigenvalue weighted by atomic mass is 10.2. The Morgan fingerprint density at radius 2 is 1.90 bits per heavy atom. The molecule has 158 valence electrons. The second-order valence-electron chi connectivity index (χ2n) is 7.11. The molecular formula is C22H21N5O3S. The van der Waals surface area contributed by atoms with Crippen molar-refractivity contribution in [3.05, 3.63) is 71.3 Å². The number of nitrogens with zero attached hydrogens (tertiary/aromatic N) is 2. The third-order valence-electron chi connectivity index (χ3n) is 4.98. The van der Waals surface area contributed by atoms with E-state index in [-0.39, 0.29) is 24.3 Å². The van der Waals surface area contributed by atoms with Gasteiger partial charge in [-0.1, -0.05) is 6.07 Å². The summed E-state index contributed by atoms with van der Waals surface area (Å²) in [7, 11) is 0. The predicted molar refractivity (Wildman–Crippen MR) is 120 cm³/mol. The Morgan fingerprint density at radius 3 is 2.58 bits per heavy atom. The first kappa shape index (κ1) is 20.5. The fourth-order valence-corrected chi connectivity index (χ4v) is 3.67. The SMILES string of the molecule is O=C(CNC(=O)c1ccc(N2CCCC2=O)cc1)Nc1cccc(-n2cc[nH]c2=S)c1. The Morgan fingerprint density at radius 1 is 1.10 bits per heavy atom. The average Bonchev–Trinajstić information content (AvgIpc) is 3.40. The first-order valence-electron chi connectivity index (χ1n) is 9.86. The van der Waals surface area contributed by atoms with Gasteiger partial charge < -0.3 is 20.5 Å². The van der Waals surface area contributed by atoms with E-state index in [4.69, 9.17) is 12.2 Å². The molecule has 8 nitrogen and oxygen atoms in total. The fraction of sp³-hybridized carbons (Fsp3) is 0.182. The van der Waals surface area contributed by atoms with E-state index in [0.29, 0.717) is 29.0 Å². The number of aromatic nitrogens is 2. The van der Waals surface area contributed by atoms with Crippen LogP contribution < -0.4 is 15.5 Å². The summed E-state index contributed by atoms with van der Waals surface area (Å²) < 4.78 is 2.34. The van der Waals surface area contributed by atoms with Gasteiger partial charge in [0.1, 0.15) is 0 Å². The molecule has 4 rings (SSSR count). The van der Waals surface area contributed by atoms with E-state index in [1.54, 1.807) is 58.3 Å². The molecule has 2 heterocycles. The van der Waals surface area contributed by atoms with Crippen molar-refractivity contribution in [1.29, 1.82) is 0 Å². The van der Waals surface area contributed by atoms with Gasteiger partial charge in [0.2, 0.25) is 11.8 Å². The second kappa shape index (κ2) is 8.97. The minimum absolute atomic E-state index is 0.0942. The summed E-state index contributed by atoms with van der Waals surface area (Å²) in [6, 6.07) is 14.0. The van der Waals surface area contributed by atoms with Crippen molar-refractivity contribution in [2.45, 2.75) is 12.8 Å². The van der Waals surface area contributed by atoms with E-state index in [1.165, 1.54) is 0 Å².